The number of pyridine rings is 1. The van der Waals surface area contributed by atoms with E-state index in [-0.39, 0.29) is 0 Å². The number of likely N-dealkylation sites (tertiary alicyclic amines) is 1. The monoisotopic (exact) mass is 334 g/mol. The SMILES string of the molecule is CC(C)CCn1c(CN2CC(c3ccccn3)C2)nc2ccccc21. The van der Waals surface area contributed by atoms with Crippen molar-refractivity contribution in [3.8, 4) is 0 Å². The minimum Gasteiger partial charge on any atom is -0.327 e. The quantitative estimate of drug-likeness (QED) is 0.681. The summed E-state index contributed by atoms with van der Waals surface area (Å²) in [5.41, 5.74) is 3.59. The molecule has 0 saturated carbocycles. The fourth-order valence-corrected chi connectivity index (χ4v) is 3.59. The van der Waals surface area contributed by atoms with Crippen molar-refractivity contribution in [1.29, 1.82) is 0 Å². The Morgan fingerprint density at radius 3 is 2.64 bits per heavy atom. The molecule has 4 rings (SSSR count). The molecule has 3 heterocycles. The van der Waals surface area contributed by atoms with E-state index in [2.05, 4.69) is 64.7 Å². The zero-order valence-electron chi connectivity index (χ0n) is 15.1. The topological polar surface area (TPSA) is 34.0 Å². The molecule has 0 unspecified atom stereocenters. The molecule has 2 aromatic heterocycles. The number of hydrogen-bond donors (Lipinski definition) is 0. The van der Waals surface area contributed by atoms with Crippen molar-refractivity contribution in [2.45, 2.75) is 39.3 Å². The molecule has 0 radical (unpaired) electrons. The van der Waals surface area contributed by atoms with Gasteiger partial charge in [0.2, 0.25) is 0 Å². The molecule has 0 atom stereocenters. The second-order valence-electron chi connectivity index (χ2n) is 7.50. The fraction of sp³-hybridized carbons (Fsp3) is 0.429. The second-order valence-corrected chi connectivity index (χ2v) is 7.50. The second kappa shape index (κ2) is 6.96. The predicted octanol–water partition coefficient (Wildman–Crippen LogP) is 4.08. The molecule has 1 saturated heterocycles. The van der Waals surface area contributed by atoms with E-state index in [1.807, 2.05) is 12.3 Å². The van der Waals surface area contributed by atoms with Gasteiger partial charge in [-0.1, -0.05) is 32.0 Å². The Morgan fingerprint density at radius 2 is 1.88 bits per heavy atom. The summed E-state index contributed by atoms with van der Waals surface area (Å²) in [6, 6.07) is 14.7. The Hall–Kier alpha value is -2.20. The van der Waals surface area contributed by atoms with Gasteiger partial charge in [-0.25, -0.2) is 4.98 Å². The maximum Gasteiger partial charge on any atom is 0.124 e. The van der Waals surface area contributed by atoms with Crippen molar-refractivity contribution in [2.24, 2.45) is 5.92 Å². The van der Waals surface area contributed by atoms with Crippen molar-refractivity contribution >= 4 is 11.0 Å². The highest BCUT2D eigenvalue weighted by atomic mass is 15.2. The zero-order chi connectivity index (χ0) is 17.2. The Kier molecular flexibility index (Phi) is 4.53. The van der Waals surface area contributed by atoms with Gasteiger partial charge in [0.05, 0.1) is 17.6 Å². The first-order chi connectivity index (χ1) is 12.2. The lowest BCUT2D eigenvalue weighted by atomic mass is 9.96. The summed E-state index contributed by atoms with van der Waals surface area (Å²) in [7, 11) is 0. The molecule has 3 aromatic rings. The van der Waals surface area contributed by atoms with Gasteiger partial charge in [0.15, 0.2) is 0 Å². The van der Waals surface area contributed by atoms with Gasteiger partial charge in [-0.2, -0.15) is 0 Å². The summed E-state index contributed by atoms with van der Waals surface area (Å²) in [5.74, 6) is 2.46. The van der Waals surface area contributed by atoms with E-state index < -0.39 is 0 Å². The van der Waals surface area contributed by atoms with E-state index in [9.17, 15) is 0 Å². The fourth-order valence-electron chi connectivity index (χ4n) is 3.59. The first-order valence-electron chi connectivity index (χ1n) is 9.28. The van der Waals surface area contributed by atoms with Crippen LogP contribution in [0, 0.1) is 5.92 Å². The van der Waals surface area contributed by atoms with Gasteiger partial charge in [-0.3, -0.25) is 9.88 Å². The van der Waals surface area contributed by atoms with E-state index in [4.69, 9.17) is 4.98 Å². The summed E-state index contributed by atoms with van der Waals surface area (Å²) < 4.78 is 2.42. The van der Waals surface area contributed by atoms with Crippen molar-refractivity contribution in [1.82, 2.24) is 19.4 Å². The first-order valence-corrected chi connectivity index (χ1v) is 9.28. The molecule has 25 heavy (non-hydrogen) atoms. The summed E-state index contributed by atoms with van der Waals surface area (Å²) in [6.07, 6.45) is 3.08. The maximum atomic E-state index is 4.92. The molecule has 4 nitrogen and oxygen atoms in total. The number of benzene rings is 1. The van der Waals surface area contributed by atoms with Crippen LogP contribution < -0.4 is 0 Å². The molecule has 1 aliphatic heterocycles. The van der Waals surface area contributed by atoms with Crippen molar-refractivity contribution in [2.75, 3.05) is 13.1 Å². The lowest BCUT2D eigenvalue weighted by molar-refractivity contribution is 0.132. The van der Waals surface area contributed by atoms with Gasteiger partial charge in [-0.15, -0.1) is 0 Å². The predicted molar refractivity (Wildman–Crippen MR) is 101 cm³/mol. The molecule has 1 aromatic carbocycles. The number of nitrogens with zero attached hydrogens (tertiary/aromatic N) is 4. The lowest BCUT2D eigenvalue weighted by Crippen LogP contribution is -2.45. The van der Waals surface area contributed by atoms with Gasteiger partial charge in [0, 0.05) is 37.4 Å². The van der Waals surface area contributed by atoms with Crippen LogP contribution in [-0.4, -0.2) is 32.5 Å². The lowest BCUT2D eigenvalue weighted by Gasteiger charge is -2.38. The van der Waals surface area contributed by atoms with Crippen LogP contribution in [0.2, 0.25) is 0 Å². The van der Waals surface area contributed by atoms with Crippen LogP contribution >= 0.6 is 0 Å². The molecule has 0 N–H and O–H groups in total. The van der Waals surface area contributed by atoms with Crippen LogP contribution in [0.4, 0.5) is 0 Å². The van der Waals surface area contributed by atoms with Crippen LogP contribution in [0.25, 0.3) is 11.0 Å². The normalized spacial score (nSPS) is 15.8. The summed E-state index contributed by atoms with van der Waals surface area (Å²) >= 11 is 0. The van der Waals surface area contributed by atoms with Gasteiger partial charge in [0.25, 0.3) is 0 Å². The highest BCUT2D eigenvalue weighted by molar-refractivity contribution is 5.75. The molecule has 4 heteroatoms. The van der Waals surface area contributed by atoms with Crippen LogP contribution in [0.1, 0.15) is 37.7 Å². The largest absolute Gasteiger partial charge is 0.327 e. The standard InChI is InChI=1S/C21H26N4/c1-16(2)10-12-25-20-9-4-3-8-19(20)23-21(25)15-24-13-17(14-24)18-7-5-6-11-22-18/h3-9,11,16-17H,10,12-15H2,1-2H3. The Morgan fingerprint density at radius 1 is 1.08 bits per heavy atom. The van der Waals surface area contributed by atoms with E-state index in [1.54, 1.807) is 0 Å². The van der Waals surface area contributed by atoms with E-state index in [0.717, 1.165) is 31.7 Å². The Balaban J connectivity index is 1.49. The number of rotatable bonds is 6. The average Bonchev–Trinajstić information content (AvgIpc) is 2.94. The van der Waals surface area contributed by atoms with Crippen LogP contribution in [0.5, 0.6) is 0 Å². The van der Waals surface area contributed by atoms with Crippen molar-refractivity contribution in [3.05, 3.63) is 60.2 Å². The molecular formula is C21H26N4. The number of hydrogen-bond acceptors (Lipinski definition) is 3. The molecule has 0 aliphatic carbocycles. The molecule has 0 amide bonds. The third-order valence-corrected chi connectivity index (χ3v) is 5.09. The summed E-state index contributed by atoms with van der Waals surface area (Å²) in [5, 5.41) is 0. The molecular weight excluding hydrogens is 308 g/mol. The summed E-state index contributed by atoms with van der Waals surface area (Å²) in [4.78, 5) is 11.9. The average molecular weight is 334 g/mol. The smallest absolute Gasteiger partial charge is 0.124 e. The van der Waals surface area contributed by atoms with Crippen LogP contribution in [0.15, 0.2) is 48.7 Å². The van der Waals surface area contributed by atoms with Gasteiger partial charge in [0.1, 0.15) is 5.82 Å². The van der Waals surface area contributed by atoms with Gasteiger partial charge in [-0.05, 0) is 36.6 Å². The molecule has 1 fully saturated rings. The molecule has 130 valence electrons. The van der Waals surface area contributed by atoms with Gasteiger partial charge >= 0.3 is 0 Å². The number of imidazole rings is 1. The molecule has 1 aliphatic rings. The number of aromatic nitrogens is 3. The van der Waals surface area contributed by atoms with Crippen molar-refractivity contribution < 1.29 is 0 Å². The first kappa shape index (κ1) is 16.3. The minimum atomic E-state index is 0.565. The molecule has 0 spiro atoms. The Bertz CT molecular complexity index is 831. The zero-order valence-corrected chi connectivity index (χ0v) is 15.1. The minimum absolute atomic E-state index is 0.565. The molecule has 0 bridgehead atoms. The summed E-state index contributed by atoms with van der Waals surface area (Å²) in [6.45, 7) is 8.69. The highest BCUT2D eigenvalue weighted by Crippen LogP contribution is 2.28. The third-order valence-electron chi connectivity index (χ3n) is 5.09. The van der Waals surface area contributed by atoms with E-state index >= 15 is 0 Å². The number of fused-ring (bicyclic) bond motifs is 1. The van der Waals surface area contributed by atoms with Crippen molar-refractivity contribution in [3.63, 3.8) is 0 Å². The third kappa shape index (κ3) is 3.45. The number of aryl methyl sites for hydroxylation is 1. The van der Waals surface area contributed by atoms with Crippen LogP contribution in [0.3, 0.4) is 0 Å². The van der Waals surface area contributed by atoms with Gasteiger partial charge < -0.3 is 4.57 Å². The highest BCUT2D eigenvalue weighted by Gasteiger charge is 2.30. The maximum absolute atomic E-state index is 4.92. The van der Waals surface area contributed by atoms with E-state index in [1.165, 1.54) is 23.5 Å². The Labute approximate surface area is 149 Å². The number of para-hydroxylation sites is 2. The van der Waals surface area contributed by atoms with E-state index in [0.29, 0.717) is 11.8 Å². The van der Waals surface area contributed by atoms with Crippen LogP contribution in [-0.2, 0) is 13.1 Å².